The van der Waals surface area contributed by atoms with E-state index in [4.69, 9.17) is 13.9 Å². The van der Waals surface area contributed by atoms with Gasteiger partial charge in [-0.05, 0) is 6.07 Å². The van der Waals surface area contributed by atoms with Crippen LogP contribution in [0.2, 0.25) is 0 Å². The van der Waals surface area contributed by atoms with Crippen LogP contribution in [0.5, 0.6) is 0 Å². The number of hydrazone groups is 1. The van der Waals surface area contributed by atoms with Crippen molar-refractivity contribution in [1.82, 2.24) is 5.01 Å². The Hall–Kier alpha value is -2.46. The lowest BCUT2D eigenvalue weighted by atomic mass is 10.3. The summed E-state index contributed by atoms with van der Waals surface area (Å²) in [5.41, 5.74) is 0. The molecule has 2 aliphatic rings. The summed E-state index contributed by atoms with van der Waals surface area (Å²) in [7, 11) is 0. The third kappa shape index (κ3) is 3.85. The lowest BCUT2D eigenvalue weighted by molar-refractivity contribution is -0.910. The Kier molecular flexibility index (Phi) is 4.53. The smallest absolute Gasteiger partial charge is 0.433 e. The summed E-state index contributed by atoms with van der Waals surface area (Å²) in [5, 5.41) is 15.7. The second kappa shape index (κ2) is 6.75. The third-order valence-electron chi connectivity index (χ3n) is 3.69. The van der Waals surface area contributed by atoms with Crippen molar-refractivity contribution in [1.29, 1.82) is 0 Å². The Morgan fingerprint density at radius 2 is 2.22 bits per heavy atom. The average Bonchev–Trinajstić information content (AvgIpc) is 3.13. The number of cyclic esters (lactones) is 1. The van der Waals surface area contributed by atoms with E-state index < -0.39 is 11.0 Å². The topological polar surface area (TPSA) is 112 Å². The molecule has 10 nitrogen and oxygen atoms in total. The number of amides is 1. The largest absolute Gasteiger partial charge is 0.437 e. The Morgan fingerprint density at radius 3 is 2.91 bits per heavy atom. The molecule has 23 heavy (non-hydrogen) atoms. The van der Waals surface area contributed by atoms with Gasteiger partial charge in [0.15, 0.2) is 11.9 Å². The van der Waals surface area contributed by atoms with Crippen LogP contribution in [-0.2, 0) is 9.47 Å². The van der Waals surface area contributed by atoms with Gasteiger partial charge in [-0.1, -0.05) is 0 Å². The minimum Gasteiger partial charge on any atom is -0.437 e. The first kappa shape index (κ1) is 15.4. The van der Waals surface area contributed by atoms with Crippen molar-refractivity contribution >= 4 is 18.2 Å². The fourth-order valence-electron chi connectivity index (χ4n) is 2.53. The summed E-state index contributed by atoms with van der Waals surface area (Å²) in [4.78, 5) is 23.0. The molecule has 0 aromatic carbocycles. The molecule has 2 fully saturated rings. The molecule has 0 aliphatic carbocycles. The highest BCUT2D eigenvalue weighted by Crippen LogP contribution is 2.15. The molecule has 1 amide bonds. The zero-order valence-electron chi connectivity index (χ0n) is 12.3. The first-order valence-corrected chi connectivity index (χ1v) is 7.29. The molecule has 0 spiro atoms. The first-order chi connectivity index (χ1) is 11.1. The van der Waals surface area contributed by atoms with E-state index in [9.17, 15) is 14.9 Å². The Labute approximate surface area is 131 Å². The third-order valence-corrected chi connectivity index (χ3v) is 3.69. The van der Waals surface area contributed by atoms with E-state index in [1.807, 2.05) is 0 Å². The van der Waals surface area contributed by atoms with Gasteiger partial charge in [0.2, 0.25) is 0 Å². The van der Waals surface area contributed by atoms with Crippen LogP contribution in [0.15, 0.2) is 21.7 Å². The quantitative estimate of drug-likeness (QED) is 0.433. The van der Waals surface area contributed by atoms with Gasteiger partial charge in [0.25, 0.3) is 0 Å². The monoisotopic (exact) mass is 325 g/mol. The fourth-order valence-corrected chi connectivity index (χ4v) is 2.53. The molecule has 0 radical (unpaired) electrons. The summed E-state index contributed by atoms with van der Waals surface area (Å²) in [5.74, 6) is -0.170. The van der Waals surface area contributed by atoms with E-state index in [1.165, 1.54) is 28.3 Å². The predicted octanol–water partition coefficient (Wildman–Crippen LogP) is -0.742. The van der Waals surface area contributed by atoms with Crippen molar-refractivity contribution in [3.05, 3.63) is 28.0 Å². The van der Waals surface area contributed by atoms with Crippen molar-refractivity contribution < 1.29 is 28.5 Å². The second-order valence-electron chi connectivity index (χ2n) is 5.33. The van der Waals surface area contributed by atoms with Crippen molar-refractivity contribution in [3.63, 3.8) is 0 Å². The van der Waals surface area contributed by atoms with Crippen LogP contribution in [0.3, 0.4) is 0 Å². The maximum absolute atomic E-state index is 11.8. The minimum atomic E-state index is -0.636. The zero-order chi connectivity index (χ0) is 16.2. The number of quaternary nitrogens is 1. The van der Waals surface area contributed by atoms with E-state index in [1.54, 1.807) is 0 Å². The molecule has 2 saturated heterocycles. The van der Waals surface area contributed by atoms with Crippen LogP contribution in [0, 0.1) is 10.1 Å². The number of carbonyl (C=O) groups excluding carboxylic acids is 1. The normalized spacial score (nSPS) is 22.7. The second-order valence-corrected chi connectivity index (χ2v) is 5.33. The number of morpholine rings is 1. The Morgan fingerprint density at radius 1 is 1.43 bits per heavy atom. The summed E-state index contributed by atoms with van der Waals surface area (Å²) in [6, 6.07) is 2.65. The van der Waals surface area contributed by atoms with Crippen LogP contribution in [0.4, 0.5) is 10.7 Å². The molecule has 1 unspecified atom stereocenters. The van der Waals surface area contributed by atoms with Gasteiger partial charge in [-0.3, -0.25) is 10.1 Å². The molecule has 3 rings (SSSR count). The molecule has 2 aliphatic heterocycles. The lowest BCUT2D eigenvalue weighted by Crippen LogP contribution is -3.15. The van der Waals surface area contributed by atoms with Crippen LogP contribution < -0.4 is 4.90 Å². The number of rotatable bonds is 5. The van der Waals surface area contributed by atoms with Crippen molar-refractivity contribution in [2.45, 2.75) is 6.10 Å². The van der Waals surface area contributed by atoms with Gasteiger partial charge in [-0.15, -0.1) is 0 Å². The zero-order valence-corrected chi connectivity index (χ0v) is 12.3. The molecule has 1 aromatic rings. The van der Waals surface area contributed by atoms with Crippen molar-refractivity contribution in [2.24, 2.45) is 5.10 Å². The van der Waals surface area contributed by atoms with E-state index in [0.29, 0.717) is 13.1 Å². The Bertz CT molecular complexity index is 609. The number of ether oxygens (including phenoxy) is 2. The highest BCUT2D eigenvalue weighted by Gasteiger charge is 2.34. The van der Waals surface area contributed by atoms with E-state index in [0.717, 1.165) is 26.3 Å². The number of furan rings is 1. The summed E-state index contributed by atoms with van der Waals surface area (Å²) < 4.78 is 15.5. The number of nitrogens with one attached hydrogen (secondary N) is 1. The van der Waals surface area contributed by atoms with Crippen LogP contribution in [-0.4, -0.2) is 67.7 Å². The fraction of sp³-hybridized carbons (Fsp3) is 0.538. The summed E-state index contributed by atoms with van der Waals surface area (Å²) >= 11 is 0. The summed E-state index contributed by atoms with van der Waals surface area (Å²) in [6.45, 7) is 4.29. The molecule has 1 aromatic heterocycles. The number of nitro groups is 1. The van der Waals surface area contributed by atoms with Crippen LogP contribution >= 0.6 is 0 Å². The van der Waals surface area contributed by atoms with Gasteiger partial charge < -0.3 is 18.8 Å². The Balaban J connectivity index is 1.54. The predicted molar refractivity (Wildman–Crippen MR) is 76.3 cm³/mol. The molecule has 0 bridgehead atoms. The van der Waals surface area contributed by atoms with Crippen LogP contribution in [0.25, 0.3) is 0 Å². The van der Waals surface area contributed by atoms with Gasteiger partial charge in [0.1, 0.15) is 24.6 Å². The van der Waals surface area contributed by atoms with Gasteiger partial charge in [-0.25, -0.2) is 4.79 Å². The van der Waals surface area contributed by atoms with E-state index in [-0.39, 0.29) is 17.7 Å². The SMILES string of the molecule is O=C1OC(C[NH+]2CCOCC2)CN1/N=C/c1ccc([N+](=O)[O-])o1. The molecule has 10 heteroatoms. The van der Waals surface area contributed by atoms with Gasteiger partial charge in [0, 0.05) is 0 Å². The van der Waals surface area contributed by atoms with E-state index in [2.05, 4.69) is 5.10 Å². The van der Waals surface area contributed by atoms with E-state index >= 15 is 0 Å². The molecule has 1 atom stereocenters. The lowest BCUT2D eigenvalue weighted by Gasteiger charge is -2.25. The van der Waals surface area contributed by atoms with Crippen molar-refractivity contribution in [3.8, 4) is 0 Å². The summed E-state index contributed by atoms with van der Waals surface area (Å²) in [6.07, 6.45) is 0.511. The molecule has 1 N–H and O–H groups in total. The number of carbonyl (C=O) groups is 1. The number of hydrogen-bond acceptors (Lipinski definition) is 7. The number of nitrogens with zero attached hydrogens (tertiary/aromatic N) is 3. The van der Waals surface area contributed by atoms with Gasteiger partial charge in [-0.2, -0.15) is 10.1 Å². The molecule has 0 saturated carbocycles. The first-order valence-electron chi connectivity index (χ1n) is 7.29. The molecule has 3 heterocycles. The standard InChI is InChI=1S/C13H16N4O6/c18-13-16(14-7-10-1-2-12(22-10)17(19)20)9-11(23-13)8-15-3-5-21-6-4-15/h1-2,7,11H,3-6,8-9H2/p+1/b14-7+. The minimum absolute atomic E-state index is 0.201. The average molecular weight is 325 g/mol. The highest BCUT2D eigenvalue weighted by atomic mass is 16.6. The molecular formula is C13H17N4O6+. The van der Waals surface area contributed by atoms with Crippen molar-refractivity contribution in [2.75, 3.05) is 39.4 Å². The molecule has 124 valence electrons. The maximum atomic E-state index is 11.8. The highest BCUT2D eigenvalue weighted by molar-refractivity contribution is 5.78. The van der Waals surface area contributed by atoms with Gasteiger partial charge in [0.05, 0.1) is 32.0 Å². The van der Waals surface area contributed by atoms with Crippen LogP contribution in [0.1, 0.15) is 5.76 Å². The molecular weight excluding hydrogens is 308 g/mol. The van der Waals surface area contributed by atoms with Gasteiger partial charge >= 0.3 is 12.0 Å². The number of hydrogen-bond donors (Lipinski definition) is 1. The maximum Gasteiger partial charge on any atom is 0.433 e.